The maximum absolute atomic E-state index is 12.7. The van der Waals surface area contributed by atoms with E-state index in [0.29, 0.717) is 21.4 Å². The van der Waals surface area contributed by atoms with Crippen molar-refractivity contribution in [3.63, 3.8) is 0 Å². The van der Waals surface area contributed by atoms with Gasteiger partial charge in [0.15, 0.2) is 0 Å². The normalized spacial score (nSPS) is 11.4. The fourth-order valence-electron chi connectivity index (χ4n) is 2.64. The molecule has 0 aliphatic carbocycles. The van der Waals surface area contributed by atoms with Crippen LogP contribution in [-0.4, -0.2) is 30.5 Å². The number of thiophene rings is 1. The van der Waals surface area contributed by atoms with Crippen LogP contribution >= 0.6 is 11.3 Å². The van der Waals surface area contributed by atoms with E-state index in [2.05, 4.69) is 14.9 Å². The van der Waals surface area contributed by atoms with Gasteiger partial charge >= 0.3 is 11.7 Å². The van der Waals surface area contributed by atoms with Crippen molar-refractivity contribution in [1.82, 2.24) is 19.4 Å². The highest BCUT2D eigenvalue weighted by Crippen LogP contribution is 2.21. The molecule has 1 N–H and O–H groups in total. The second-order valence-corrected chi connectivity index (χ2v) is 6.49. The number of fused-ring (bicyclic) bond motifs is 2. The number of hydrogen-bond acceptors (Lipinski definition) is 7. The number of carboxylic acid groups (broad SMARTS) is 1. The monoisotopic (exact) mass is 358 g/mol. The van der Waals surface area contributed by atoms with Crippen molar-refractivity contribution in [2.75, 3.05) is 0 Å². The van der Waals surface area contributed by atoms with Gasteiger partial charge in [0, 0.05) is 7.05 Å². The molecule has 0 atom stereocenters. The first-order chi connectivity index (χ1) is 12.0. The van der Waals surface area contributed by atoms with Crippen molar-refractivity contribution in [3.8, 4) is 0 Å². The zero-order chi connectivity index (χ0) is 17.7. The maximum Gasteiger partial charge on any atom is 0.345 e. The molecular formula is C15H10N4O5S. The Morgan fingerprint density at radius 3 is 2.76 bits per heavy atom. The van der Waals surface area contributed by atoms with Gasteiger partial charge in [-0.15, -0.1) is 11.3 Å². The third-order valence-corrected chi connectivity index (χ3v) is 5.08. The molecular weight excluding hydrogens is 348 g/mol. The summed E-state index contributed by atoms with van der Waals surface area (Å²) in [5.74, 6) is -1.14. The lowest BCUT2D eigenvalue weighted by Crippen LogP contribution is -2.38. The van der Waals surface area contributed by atoms with Crippen molar-refractivity contribution in [2.45, 2.75) is 6.54 Å². The molecule has 0 unspecified atom stereocenters. The van der Waals surface area contributed by atoms with Crippen LogP contribution in [0.15, 0.2) is 38.5 Å². The van der Waals surface area contributed by atoms with E-state index in [1.54, 1.807) is 18.2 Å². The Morgan fingerprint density at radius 1 is 1.24 bits per heavy atom. The third kappa shape index (κ3) is 2.34. The second-order valence-electron chi connectivity index (χ2n) is 5.45. The molecule has 9 nitrogen and oxygen atoms in total. The zero-order valence-electron chi connectivity index (χ0n) is 12.8. The lowest BCUT2D eigenvalue weighted by molar-refractivity contribution is 0.0702. The van der Waals surface area contributed by atoms with Crippen LogP contribution < -0.4 is 11.2 Å². The van der Waals surface area contributed by atoms with Crippen molar-refractivity contribution >= 4 is 38.6 Å². The average Bonchev–Trinajstić information content (AvgIpc) is 3.23. The zero-order valence-corrected chi connectivity index (χ0v) is 13.6. The van der Waals surface area contributed by atoms with Crippen LogP contribution in [0.25, 0.3) is 21.3 Å². The van der Waals surface area contributed by atoms with Crippen molar-refractivity contribution < 1.29 is 14.5 Å². The molecule has 0 aliphatic heterocycles. The Hall–Kier alpha value is -3.27. The van der Waals surface area contributed by atoms with Gasteiger partial charge in [0.1, 0.15) is 20.7 Å². The summed E-state index contributed by atoms with van der Waals surface area (Å²) in [6.07, 6.45) is 0. The summed E-state index contributed by atoms with van der Waals surface area (Å²) in [5, 5.41) is 16.8. The van der Waals surface area contributed by atoms with Gasteiger partial charge in [-0.2, -0.15) is 0 Å². The molecule has 4 rings (SSSR count). The number of carboxylic acids is 1. The van der Waals surface area contributed by atoms with Gasteiger partial charge < -0.3 is 5.11 Å². The highest BCUT2D eigenvalue weighted by Gasteiger charge is 2.17. The van der Waals surface area contributed by atoms with Gasteiger partial charge in [-0.25, -0.2) is 14.2 Å². The molecule has 0 bridgehead atoms. The molecule has 0 radical (unpaired) electrons. The van der Waals surface area contributed by atoms with Crippen molar-refractivity contribution in [2.24, 2.45) is 7.05 Å². The minimum Gasteiger partial charge on any atom is -0.477 e. The van der Waals surface area contributed by atoms with E-state index in [1.165, 1.54) is 17.7 Å². The molecule has 4 aromatic rings. The predicted octanol–water partition coefficient (Wildman–Crippen LogP) is 1.04. The number of carbonyl (C=O) groups is 1. The van der Waals surface area contributed by atoms with Crippen LogP contribution in [0, 0.1) is 0 Å². The Bertz CT molecular complexity index is 1260. The molecule has 0 saturated carbocycles. The fourth-order valence-corrected chi connectivity index (χ4v) is 3.58. The van der Waals surface area contributed by atoms with Crippen LogP contribution in [0.3, 0.4) is 0 Å². The Labute approximate surface area is 142 Å². The highest BCUT2D eigenvalue weighted by molar-refractivity contribution is 7.20. The Morgan fingerprint density at radius 2 is 2.00 bits per heavy atom. The fraction of sp³-hybridized carbons (Fsp3) is 0.133. The van der Waals surface area contributed by atoms with Crippen molar-refractivity contribution in [1.29, 1.82) is 0 Å². The van der Waals surface area contributed by atoms with Gasteiger partial charge in [-0.05, 0) is 34.1 Å². The maximum atomic E-state index is 12.7. The number of aromatic nitrogens is 4. The SMILES string of the molecule is Cn1c(=O)n(Cc2ccc3nonc3c2)c(=O)c2cc(C(=O)O)sc21. The molecule has 0 spiro atoms. The summed E-state index contributed by atoms with van der Waals surface area (Å²) in [6, 6.07) is 6.38. The minimum atomic E-state index is -1.14. The molecule has 126 valence electrons. The predicted molar refractivity (Wildman–Crippen MR) is 89.2 cm³/mol. The largest absolute Gasteiger partial charge is 0.477 e. The number of hydrogen-bond donors (Lipinski definition) is 1. The summed E-state index contributed by atoms with van der Waals surface area (Å²) in [6.45, 7) is 0.0303. The Kier molecular flexibility index (Phi) is 3.29. The molecule has 0 aliphatic rings. The van der Waals surface area contributed by atoms with Gasteiger partial charge in [0.25, 0.3) is 5.56 Å². The van der Waals surface area contributed by atoms with Crippen LogP contribution in [0.5, 0.6) is 0 Å². The van der Waals surface area contributed by atoms with Crippen molar-refractivity contribution in [3.05, 3.63) is 55.5 Å². The first kappa shape index (κ1) is 15.3. The van der Waals surface area contributed by atoms with E-state index in [-0.39, 0.29) is 16.8 Å². The van der Waals surface area contributed by atoms with Crippen LogP contribution in [0.1, 0.15) is 15.2 Å². The number of aromatic carboxylic acids is 1. The molecule has 0 saturated heterocycles. The second kappa shape index (κ2) is 5.38. The number of rotatable bonds is 3. The van der Waals surface area contributed by atoms with Crippen LogP contribution in [-0.2, 0) is 13.6 Å². The average molecular weight is 358 g/mol. The molecule has 1 aromatic carbocycles. The smallest absolute Gasteiger partial charge is 0.345 e. The van der Waals surface area contributed by atoms with E-state index in [0.717, 1.165) is 15.9 Å². The number of nitrogens with zero attached hydrogens (tertiary/aromatic N) is 4. The molecule has 3 aromatic heterocycles. The quantitative estimate of drug-likeness (QED) is 0.581. The first-order valence-corrected chi connectivity index (χ1v) is 7.95. The molecule has 0 fully saturated rings. The highest BCUT2D eigenvalue weighted by atomic mass is 32.1. The number of aryl methyl sites for hydroxylation is 1. The molecule has 25 heavy (non-hydrogen) atoms. The molecule has 3 heterocycles. The summed E-state index contributed by atoms with van der Waals surface area (Å²) in [4.78, 5) is 36.7. The lowest BCUT2D eigenvalue weighted by atomic mass is 10.2. The van der Waals surface area contributed by atoms with Gasteiger partial charge in [-0.3, -0.25) is 13.9 Å². The lowest BCUT2D eigenvalue weighted by Gasteiger charge is -2.08. The standard InChI is InChI=1S/C15H10N4O5S/c1-18-13-8(5-11(25-13)14(21)22)12(20)19(15(18)23)6-7-2-3-9-10(4-7)17-24-16-9/h2-5H,6H2,1H3,(H,21,22). The van der Waals surface area contributed by atoms with E-state index in [1.807, 2.05) is 0 Å². The van der Waals surface area contributed by atoms with Gasteiger partial charge in [-0.1, -0.05) is 6.07 Å². The summed E-state index contributed by atoms with van der Waals surface area (Å²) < 4.78 is 6.98. The van der Waals surface area contributed by atoms with E-state index in [9.17, 15) is 14.4 Å². The molecule has 0 amide bonds. The van der Waals surface area contributed by atoms with Crippen LogP contribution in [0.4, 0.5) is 0 Å². The summed E-state index contributed by atoms with van der Waals surface area (Å²) in [5.41, 5.74) is 0.723. The van der Waals surface area contributed by atoms with E-state index in [4.69, 9.17) is 5.11 Å². The van der Waals surface area contributed by atoms with Gasteiger partial charge in [0.2, 0.25) is 0 Å². The summed E-state index contributed by atoms with van der Waals surface area (Å²) >= 11 is 0.898. The molecule has 10 heteroatoms. The van der Waals surface area contributed by atoms with Crippen LogP contribution in [0.2, 0.25) is 0 Å². The van der Waals surface area contributed by atoms with E-state index < -0.39 is 17.2 Å². The number of benzene rings is 1. The summed E-state index contributed by atoms with van der Waals surface area (Å²) in [7, 11) is 1.51. The Balaban J connectivity index is 1.90. The third-order valence-electron chi connectivity index (χ3n) is 3.88. The first-order valence-electron chi connectivity index (χ1n) is 7.13. The van der Waals surface area contributed by atoms with E-state index >= 15 is 0 Å². The van der Waals surface area contributed by atoms with Gasteiger partial charge in [0.05, 0.1) is 11.9 Å². The minimum absolute atomic E-state index is 0.00920. The topological polar surface area (TPSA) is 120 Å².